The first-order valence-corrected chi connectivity index (χ1v) is 4.60. The predicted molar refractivity (Wildman–Crippen MR) is 54.4 cm³/mol. The van der Waals surface area contributed by atoms with Crippen molar-refractivity contribution in [3.05, 3.63) is 29.3 Å². The van der Waals surface area contributed by atoms with Crippen LogP contribution in [0.1, 0.15) is 18.1 Å². The van der Waals surface area contributed by atoms with E-state index < -0.39 is 5.97 Å². The molecule has 0 saturated heterocycles. The van der Waals surface area contributed by atoms with Gasteiger partial charge in [-0.1, -0.05) is 13.0 Å². The number of carboxylic acids is 1. The molecule has 0 spiro atoms. The summed E-state index contributed by atoms with van der Waals surface area (Å²) in [6, 6.07) is 5.65. The molecule has 0 aromatic heterocycles. The average Bonchev–Trinajstić information content (AvgIpc) is 2.01. The lowest BCUT2D eigenvalue weighted by Gasteiger charge is -2.02. The van der Waals surface area contributed by atoms with Crippen molar-refractivity contribution in [2.75, 3.05) is 0 Å². The maximum atomic E-state index is 10.5. The SMILES string of the molecule is CCc1cc(S)cc(CC(=O)O)c1. The molecule has 0 fully saturated rings. The number of thiol groups is 1. The van der Waals surface area contributed by atoms with Crippen LogP contribution in [0.5, 0.6) is 0 Å². The summed E-state index contributed by atoms with van der Waals surface area (Å²) >= 11 is 4.21. The van der Waals surface area contributed by atoms with Gasteiger partial charge in [-0.05, 0) is 29.7 Å². The van der Waals surface area contributed by atoms with Gasteiger partial charge in [0.15, 0.2) is 0 Å². The minimum atomic E-state index is -0.805. The fourth-order valence-corrected chi connectivity index (χ4v) is 1.56. The lowest BCUT2D eigenvalue weighted by Crippen LogP contribution is -2.00. The van der Waals surface area contributed by atoms with Gasteiger partial charge in [0.1, 0.15) is 0 Å². The second-order valence-corrected chi connectivity index (χ2v) is 3.45. The normalized spacial score (nSPS) is 10.0. The van der Waals surface area contributed by atoms with E-state index >= 15 is 0 Å². The summed E-state index contributed by atoms with van der Waals surface area (Å²) in [4.78, 5) is 11.3. The van der Waals surface area contributed by atoms with Crippen LogP contribution in [0.25, 0.3) is 0 Å². The summed E-state index contributed by atoms with van der Waals surface area (Å²) in [5, 5.41) is 8.60. The predicted octanol–water partition coefficient (Wildman–Crippen LogP) is 2.16. The van der Waals surface area contributed by atoms with Crippen molar-refractivity contribution in [2.45, 2.75) is 24.7 Å². The molecule has 0 amide bonds. The van der Waals surface area contributed by atoms with Gasteiger partial charge in [-0.25, -0.2) is 0 Å². The first kappa shape index (κ1) is 10.1. The zero-order valence-corrected chi connectivity index (χ0v) is 8.34. The molecule has 1 rings (SSSR count). The van der Waals surface area contributed by atoms with Crippen molar-refractivity contribution >= 4 is 18.6 Å². The van der Waals surface area contributed by atoms with Gasteiger partial charge < -0.3 is 5.11 Å². The number of hydrogen-bond donors (Lipinski definition) is 2. The molecule has 70 valence electrons. The highest BCUT2D eigenvalue weighted by Gasteiger charge is 2.02. The van der Waals surface area contributed by atoms with Crippen molar-refractivity contribution in [3.8, 4) is 0 Å². The van der Waals surface area contributed by atoms with Gasteiger partial charge in [-0.2, -0.15) is 0 Å². The Labute approximate surface area is 83.0 Å². The third kappa shape index (κ3) is 3.11. The van der Waals surface area contributed by atoms with Crippen LogP contribution in [0.3, 0.4) is 0 Å². The number of benzene rings is 1. The summed E-state index contributed by atoms with van der Waals surface area (Å²) in [7, 11) is 0. The Hall–Kier alpha value is -0.960. The van der Waals surface area contributed by atoms with Gasteiger partial charge in [-0.3, -0.25) is 4.79 Å². The number of aliphatic carboxylic acids is 1. The van der Waals surface area contributed by atoms with E-state index in [1.54, 1.807) is 6.07 Å². The van der Waals surface area contributed by atoms with Gasteiger partial charge in [0.25, 0.3) is 0 Å². The Balaban J connectivity index is 2.94. The van der Waals surface area contributed by atoms with Crippen molar-refractivity contribution in [1.82, 2.24) is 0 Å². The van der Waals surface area contributed by atoms with Crippen LogP contribution in [0.2, 0.25) is 0 Å². The second kappa shape index (κ2) is 4.33. The number of carboxylic acid groups (broad SMARTS) is 1. The van der Waals surface area contributed by atoms with Gasteiger partial charge in [0, 0.05) is 4.90 Å². The molecule has 3 heteroatoms. The fourth-order valence-electron chi connectivity index (χ4n) is 1.22. The van der Waals surface area contributed by atoms with Gasteiger partial charge >= 0.3 is 5.97 Å². The summed E-state index contributed by atoms with van der Waals surface area (Å²) < 4.78 is 0. The summed E-state index contributed by atoms with van der Waals surface area (Å²) in [5.74, 6) is -0.805. The Morgan fingerprint density at radius 1 is 1.38 bits per heavy atom. The van der Waals surface area contributed by atoms with Gasteiger partial charge in [0.2, 0.25) is 0 Å². The minimum Gasteiger partial charge on any atom is -0.481 e. The highest BCUT2D eigenvalue weighted by atomic mass is 32.1. The van der Waals surface area contributed by atoms with E-state index in [0.29, 0.717) is 0 Å². The molecule has 1 aromatic rings. The van der Waals surface area contributed by atoms with E-state index in [0.717, 1.165) is 22.4 Å². The molecule has 0 unspecified atom stereocenters. The van der Waals surface area contributed by atoms with Crippen LogP contribution in [-0.4, -0.2) is 11.1 Å². The summed E-state index contributed by atoms with van der Waals surface area (Å²) in [6.45, 7) is 2.03. The molecule has 0 aliphatic heterocycles. The molecule has 1 N–H and O–H groups in total. The van der Waals surface area contributed by atoms with Crippen molar-refractivity contribution in [2.24, 2.45) is 0 Å². The van der Waals surface area contributed by atoms with Crippen LogP contribution >= 0.6 is 12.6 Å². The fraction of sp³-hybridized carbons (Fsp3) is 0.300. The minimum absolute atomic E-state index is 0.0708. The molecule has 0 bridgehead atoms. The van der Waals surface area contributed by atoms with Crippen LogP contribution < -0.4 is 0 Å². The molecule has 0 saturated carbocycles. The number of hydrogen-bond acceptors (Lipinski definition) is 2. The number of rotatable bonds is 3. The zero-order chi connectivity index (χ0) is 9.84. The summed E-state index contributed by atoms with van der Waals surface area (Å²) in [5.41, 5.74) is 1.95. The third-order valence-electron chi connectivity index (χ3n) is 1.80. The molecule has 1 aromatic carbocycles. The highest BCUT2D eigenvalue weighted by molar-refractivity contribution is 7.80. The maximum absolute atomic E-state index is 10.5. The third-order valence-corrected chi connectivity index (χ3v) is 2.06. The van der Waals surface area contributed by atoms with Crippen molar-refractivity contribution < 1.29 is 9.90 Å². The average molecular weight is 196 g/mol. The Kier molecular flexibility index (Phi) is 3.37. The monoisotopic (exact) mass is 196 g/mol. The Morgan fingerprint density at radius 2 is 2.00 bits per heavy atom. The second-order valence-electron chi connectivity index (χ2n) is 2.93. The van der Waals surface area contributed by atoms with Crippen molar-refractivity contribution in [3.63, 3.8) is 0 Å². The standard InChI is InChI=1S/C10H12O2S/c1-2-7-3-8(6-10(11)12)5-9(13)4-7/h3-5,13H,2,6H2,1H3,(H,11,12). The van der Waals surface area contributed by atoms with Crippen LogP contribution in [0, 0.1) is 0 Å². The molecule has 2 nitrogen and oxygen atoms in total. The molecule has 0 atom stereocenters. The number of carbonyl (C=O) groups is 1. The molecule has 13 heavy (non-hydrogen) atoms. The van der Waals surface area contributed by atoms with Gasteiger partial charge in [0.05, 0.1) is 6.42 Å². The smallest absolute Gasteiger partial charge is 0.307 e. The van der Waals surface area contributed by atoms with Gasteiger partial charge in [-0.15, -0.1) is 12.6 Å². The van der Waals surface area contributed by atoms with Crippen LogP contribution in [-0.2, 0) is 17.6 Å². The van der Waals surface area contributed by atoms with E-state index in [4.69, 9.17) is 5.11 Å². The summed E-state index contributed by atoms with van der Waals surface area (Å²) in [6.07, 6.45) is 0.975. The maximum Gasteiger partial charge on any atom is 0.307 e. The highest BCUT2D eigenvalue weighted by Crippen LogP contribution is 2.14. The number of aryl methyl sites for hydroxylation is 1. The molecule has 0 aliphatic rings. The molecule has 0 radical (unpaired) electrons. The quantitative estimate of drug-likeness (QED) is 0.727. The lowest BCUT2D eigenvalue weighted by molar-refractivity contribution is -0.136. The molecule has 0 heterocycles. The molecular weight excluding hydrogens is 184 g/mol. The Bertz CT molecular complexity index is 321. The van der Waals surface area contributed by atoms with E-state index in [1.165, 1.54) is 0 Å². The topological polar surface area (TPSA) is 37.3 Å². The van der Waals surface area contributed by atoms with E-state index in [1.807, 2.05) is 19.1 Å². The largest absolute Gasteiger partial charge is 0.481 e. The van der Waals surface area contributed by atoms with E-state index in [2.05, 4.69) is 12.6 Å². The first-order valence-electron chi connectivity index (χ1n) is 4.15. The van der Waals surface area contributed by atoms with Crippen LogP contribution in [0.15, 0.2) is 23.1 Å². The van der Waals surface area contributed by atoms with Crippen molar-refractivity contribution in [1.29, 1.82) is 0 Å². The van der Waals surface area contributed by atoms with E-state index in [-0.39, 0.29) is 6.42 Å². The van der Waals surface area contributed by atoms with Crippen LogP contribution in [0.4, 0.5) is 0 Å². The first-order chi connectivity index (χ1) is 6.11. The molecule has 0 aliphatic carbocycles. The lowest BCUT2D eigenvalue weighted by atomic mass is 10.1. The zero-order valence-electron chi connectivity index (χ0n) is 7.45. The Morgan fingerprint density at radius 3 is 2.54 bits per heavy atom. The van der Waals surface area contributed by atoms with E-state index in [9.17, 15) is 4.79 Å². The molecular formula is C10H12O2S.